The van der Waals surface area contributed by atoms with Crippen LogP contribution in [0.1, 0.15) is 10.6 Å². The van der Waals surface area contributed by atoms with Gasteiger partial charge in [0.05, 0.1) is 10.3 Å². The Hall–Kier alpha value is -3.48. The van der Waals surface area contributed by atoms with Crippen LogP contribution in [0, 0.1) is 10.1 Å². The predicted octanol–water partition coefficient (Wildman–Crippen LogP) is 2.92. The van der Waals surface area contributed by atoms with E-state index in [1.165, 1.54) is 24.3 Å². The van der Waals surface area contributed by atoms with Crippen molar-refractivity contribution in [2.75, 3.05) is 0 Å². The Kier molecular flexibility index (Phi) is 3.60. The van der Waals surface area contributed by atoms with Crippen LogP contribution in [0.15, 0.2) is 63.8 Å². The van der Waals surface area contributed by atoms with Crippen molar-refractivity contribution >= 4 is 22.6 Å². The van der Waals surface area contributed by atoms with Crippen LogP contribution in [0.5, 0.6) is 5.75 Å². The van der Waals surface area contributed by atoms with Gasteiger partial charge in [-0.1, -0.05) is 12.1 Å². The summed E-state index contributed by atoms with van der Waals surface area (Å²) in [6.07, 6.45) is 0. The molecule has 0 spiro atoms. The third kappa shape index (κ3) is 2.93. The molecule has 3 rings (SSSR count). The first-order valence-corrected chi connectivity index (χ1v) is 6.54. The van der Waals surface area contributed by atoms with Crippen molar-refractivity contribution in [3.63, 3.8) is 0 Å². The molecule has 0 aliphatic rings. The summed E-state index contributed by atoms with van der Waals surface area (Å²) in [5.41, 5.74) is -0.208. The maximum absolute atomic E-state index is 12.0. The molecule has 0 unspecified atom stereocenters. The summed E-state index contributed by atoms with van der Waals surface area (Å²) < 4.78 is 10.4. The highest BCUT2D eigenvalue weighted by Gasteiger charge is 2.15. The minimum Gasteiger partial charge on any atom is -0.449 e. The maximum Gasteiger partial charge on any atom is 0.379 e. The zero-order valence-corrected chi connectivity index (χ0v) is 11.6. The lowest BCUT2D eigenvalue weighted by molar-refractivity contribution is -0.384. The number of hydrogen-bond donors (Lipinski definition) is 0. The van der Waals surface area contributed by atoms with Gasteiger partial charge in [-0.3, -0.25) is 14.9 Å². The number of nitro groups is 1. The molecule has 0 radical (unpaired) electrons. The van der Waals surface area contributed by atoms with Crippen molar-refractivity contribution in [2.24, 2.45) is 0 Å². The van der Waals surface area contributed by atoms with Crippen LogP contribution < -0.4 is 10.2 Å². The van der Waals surface area contributed by atoms with Gasteiger partial charge >= 0.3 is 5.97 Å². The fourth-order valence-electron chi connectivity index (χ4n) is 2.00. The number of para-hydroxylation sites is 1. The number of rotatable bonds is 3. The van der Waals surface area contributed by atoms with E-state index in [-0.39, 0.29) is 28.2 Å². The highest BCUT2D eigenvalue weighted by molar-refractivity contribution is 5.90. The van der Waals surface area contributed by atoms with Crippen LogP contribution in [-0.4, -0.2) is 10.9 Å². The molecule has 0 atom stereocenters. The predicted molar refractivity (Wildman–Crippen MR) is 80.5 cm³/mol. The zero-order valence-electron chi connectivity index (χ0n) is 11.6. The first kappa shape index (κ1) is 14.5. The first-order chi connectivity index (χ1) is 11.0. The van der Waals surface area contributed by atoms with Gasteiger partial charge in [-0.25, -0.2) is 4.79 Å². The second-order valence-corrected chi connectivity index (χ2v) is 4.61. The van der Waals surface area contributed by atoms with Crippen LogP contribution in [0.2, 0.25) is 0 Å². The van der Waals surface area contributed by atoms with E-state index in [4.69, 9.17) is 9.15 Å². The molecule has 0 fully saturated rings. The lowest BCUT2D eigenvalue weighted by Crippen LogP contribution is -2.12. The first-order valence-electron chi connectivity index (χ1n) is 6.54. The number of hydrogen-bond acceptors (Lipinski definition) is 6. The Morgan fingerprint density at radius 3 is 2.48 bits per heavy atom. The van der Waals surface area contributed by atoms with Gasteiger partial charge < -0.3 is 9.15 Å². The Bertz CT molecular complexity index is 958. The van der Waals surface area contributed by atoms with E-state index in [1.54, 1.807) is 24.3 Å². The van der Waals surface area contributed by atoms with Crippen LogP contribution in [0.3, 0.4) is 0 Å². The van der Waals surface area contributed by atoms with E-state index in [2.05, 4.69) is 0 Å². The highest BCUT2D eigenvalue weighted by Crippen LogP contribution is 2.19. The van der Waals surface area contributed by atoms with E-state index < -0.39 is 10.9 Å². The van der Waals surface area contributed by atoms with E-state index in [0.717, 1.165) is 6.07 Å². The molecular formula is C16H9NO6. The summed E-state index contributed by atoms with van der Waals surface area (Å²) in [4.78, 5) is 34.0. The molecule has 3 aromatic rings. The molecule has 0 aliphatic carbocycles. The molecular weight excluding hydrogens is 302 g/mol. The molecule has 0 N–H and O–H groups in total. The molecule has 2 aromatic carbocycles. The maximum atomic E-state index is 12.0. The summed E-state index contributed by atoms with van der Waals surface area (Å²) in [6, 6.07) is 12.6. The smallest absolute Gasteiger partial charge is 0.379 e. The molecule has 1 aromatic heterocycles. The lowest BCUT2D eigenvalue weighted by Gasteiger charge is -2.04. The molecule has 0 amide bonds. The number of fused-ring (bicyclic) bond motifs is 1. The Morgan fingerprint density at radius 1 is 1.09 bits per heavy atom. The average molecular weight is 311 g/mol. The second-order valence-electron chi connectivity index (χ2n) is 4.61. The molecule has 7 nitrogen and oxygen atoms in total. The number of esters is 1. The summed E-state index contributed by atoms with van der Waals surface area (Å²) in [5, 5.41) is 10.9. The van der Waals surface area contributed by atoms with Gasteiger partial charge in [-0.2, -0.15) is 0 Å². The van der Waals surface area contributed by atoms with Crippen molar-refractivity contribution in [1.82, 2.24) is 0 Å². The third-order valence-corrected chi connectivity index (χ3v) is 3.09. The summed E-state index contributed by atoms with van der Waals surface area (Å²) in [7, 11) is 0. The number of nitro benzene ring substituents is 1. The number of ether oxygens (including phenoxy) is 1. The fraction of sp³-hybridized carbons (Fsp3) is 0. The van der Waals surface area contributed by atoms with Crippen molar-refractivity contribution < 1.29 is 18.9 Å². The average Bonchev–Trinajstić information content (AvgIpc) is 2.55. The Morgan fingerprint density at radius 2 is 1.78 bits per heavy atom. The molecule has 0 bridgehead atoms. The van der Waals surface area contributed by atoms with Crippen LogP contribution >= 0.6 is 0 Å². The molecule has 23 heavy (non-hydrogen) atoms. The number of non-ortho nitro benzene ring substituents is 1. The van der Waals surface area contributed by atoms with Crippen LogP contribution in [0.25, 0.3) is 11.0 Å². The third-order valence-electron chi connectivity index (χ3n) is 3.09. The van der Waals surface area contributed by atoms with E-state index in [0.29, 0.717) is 5.39 Å². The van der Waals surface area contributed by atoms with Gasteiger partial charge in [0.2, 0.25) is 5.76 Å². The molecule has 114 valence electrons. The molecule has 7 heteroatoms. The minimum absolute atomic E-state index is 0.108. The zero-order chi connectivity index (χ0) is 16.4. The van der Waals surface area contributed by atoms with Gasteiger partial charge in [0.15, 0.2) is 5.43 Å². The summed E-state index contributed by atoms with van der Waals surface area (Å²) >= 11 is 0. The largest absolute Gasteiger partial charge is 0.449 e. The topological polar surface area (TPSA) is 99.6 Å². The van der Waals surface area contributed by atoms with E-state index in [9.17, 15) is 19.7 Å². The Balaban J connectivity index is 1.88. The Labute approximate surface area is 128 Å². The van der Waals surface area contributed by atoms with Gasteiger partial charge in [0.25, 0.3) is 5.69 Å². The monoisotopic (exact) mass is 311 g/mol. The fourth-order valence-corrected chi connectivity index (χ4v) is 2.00. The SMILES string of the molecule is O=C(Oc1ccc([N+](=O)[O-])cc1)c1cc(=O)c2ccccc2o1. The minimum atomic E-state index is -0.860. The van der Waals surface area contributed by atoms with Gasteiger partial charge in [-0.05, 0) is 24.3 Å². The molecule has 1 heterocycles. The summed E-state index contributed by atoms with van der Waals surface area (Å²) in [5.74, 6) is -0.995. The van der Waals surface area contributed by atoms with Crippen molar-refractivity contribution in [1.29, 1.82) is 0 Å². The number of carbonyl (C=O) groups is 1. The standard InChI is InChI=1S/C16H9NO6/c18-13-9-15(23-14-4-2-1-3-12(13)14)16(19)22-11-7-5-10(6-8-11)17(20)21/h1-9H. The van der Waals surface area contributed by atoms with Gasteiger partial charge in [0, 0.05) is 18.2 Å². The normalized spacial score (nSPS) is 10.4. The van der Waals surface area contributed by atoms with Crippen LogP contribution in [0.4, 0.5) is 5.69 Å². The van der Waals surface area contributed by atoms with Crippen LogP contribution in [-0.2, 0) is 0 Å². The number of nitrogens with zero attached hydrogens (tertiary/aromatic N) is 1. The lowest BCUT2D eigenvalue weighted by atomic mass is 10.2. The molecule has 0 aliphatic heterocycles. The quantitative estimate of drug-likeness (QED) is 0.319. The second kappa shape index (κ2) is 5.72. The van der Waals surface area contributed by atoms with Gasteiger partial charge in [0.1, 0.15) is 11.3 Å². The molecule has 0 saturated heterocycles. The van der Waals surface area contributed by atoms with Crippen molar-refractivity contribution in [2.45, 2.75) is 0 Å². The van der Waals surface area contributed by atoms with E-state index in [1.807, 2.05) is 0 Å². The number of benzene rings is 2. The summed E-state index contributed by atoms with van der Waals surface area (Å²) in [6.45, 7) is 0. The highest BCUT2D eigenvalue weighted by atomic mass is 16.6. The van der Waals surface area contributed by atoms with Gasteiger partial charge in [-0.15, -0.1) is 0 Å². The molecule has 0 saturated carbocycles. The number of carbonyl (C=O) groups excluding carboxylic acids is 1. The van der Waals surface area contributed by atoms with Crippen molar-refractivity contribution in [3.8, 4) is 5.75 Å². The van der Waals surface area contributed by atoms with Crippen molar-refractivity contribution in [3.05, 3.63) is 80.7 Å². The van der Waals surface area contributed by atoms with E-state index >= 15 is 0 Å².